The van der Waals surface area contributed by atoms with E-state index in [4.69, 9.17) is 5.10 Å². The van der Waals surface area contributed by atoms with Crippen molar-refractivity contribution in [3.8, 4) is 16.9 Å². The molecular weight excluding hydrogens is 409 g/mol. The zero-order valence-corrected chi connectivity index (χ0v) is 15.9. The fourth-order valence-corrected chi connectivity index (χ4v) is 3.89. The summed E-state index contributed by atoms with van der Waals surface area (Å²) in [5.74, 6) is 1.16. The van der Waals surface area contributed by atoms with Crippen LogP contribution < -0.4 is 5.32 Å². The summed E-state index contributed by atoms with van der Waals surface area (Å²) in [6.07, 6.45) is 3.49. The Bertz CT molecular complexity index is 882. The number of anilines is 1. The summed E-state index contributed by atoms with van der Waals surface area (Å²) in [7, 11) is 0. The number of halogens is 1. The van der Waals surface area contributed by atoms with Gasteiger partial charge in [0.2, 0.25) is 0 Å². The van der Waals surface area contributed by atoms with Crippen LogP contribution in [0.3, 0.4) is 0 Å². The SMILES string of the molecule is Cc1ccccc1-n1nc(-c2cccc(I)c2)c2c1NCCCC2. The van der Waals surface area contributed by atoms with E-state index in [1.165, 1.54) is 33.1 Å². The van der Waals surface area contributed by atoms with Crippen LogP contribution in [0, 0.1) is 10.5 Å². The fraction of sp³-hybridized carbons (Fsp3) is 0.250. The number of hydrogen-bond acceptors (Lipinski definition) is 2. The highest BCUT2D eigenvalue weighted by molar-refractivity contribution is 14.1. The maximum atomic E-state index is 5.03. The Morgan fingerprint density at radius 1 is 1.08 bits per heavy atom. The number of fused-ring (bicyclic) bond motifs is 1. The van der Waals surface area contributed by atoms with E-state index in [1.54, 1.807) is 0 Å². The van der Waals surface area contributed by atoms with Gasteiger partial charge in [-0.3, -0.25) is 0 Å². The normalized spacial score (nSPS) is 13.9. The van der Waals surface area contributed by atoms with Gasteiger partial charge in [-0.25, -0.2) is 4.68 Å². The number of benzene rings is 2. The van der Waals surface area contributed by atoms with Gasteiger partial charge in [-0.05, 0) is 72.5 Å². The molecule has 4 rings (SSSR count). The summed E-state index contributed by atoms with van der Waals surface area (Å²) >= 11 is 2.37. The molecule has 24 heavy (non-hydrogen) atoms. The largest absolute Gasteiger partial charge is 0.370 e. The van der Waals surface area contributed by atoms with Gasteiger partial charge in [0.25, 0.3) is 0 Å². The number of aryl methyl sites for hydroxylation is 1. The molecule has 0 amide bonds. The van der Waals surface area contributed by atoms with Crippen LogP contribution in [0.15, 0.2) is 48.5 Å². The molecule has 3 nitrogen and oxygen atoms in total. The van der Waals surface area contributed by atoms with Crippen molar-refractivity contribution in [2.45, 2.75) is 26.2 Å². The second-order valence-corrected chi connectivity index (χ2v) is 7.51. The number of aromatic nitrogens is 2. The molecule has 1 aromatic heterocycles. The first-order chi connectivity index (χ1) is 11.7. The molecule has 122 valence electrons. The molecule has 0 spiro atoms. The van der Waals surface area contributed by atoms with Gasteiger partial charge in [0.15, 0.2) is 0 Å². The lowest BCUT2D eigenvalue weighted by Gasteiger charge is -2.11. The van der Waals surface area contributed by atoms with Crippen molar-refractivity contribution >= 4 is 28.4 Å². The molecule has 1 N–H and O–H groups in total. The van der Waals surface area contributed by atoms with Crippen LogP contribution in [0.25, 0.3) is 16.9 Å². The Morgan fingerprint density at radius 3 is 2.79 bits per heavy atom. The predicted octanol–water partition coefficient (Wildman–Crippen LogP) is 5.20. The lowest BCUT2D eigenvalue weighted by Crippen LogP contribution is -2.08. The molecule has 0 radical (unpaired) electrons. The van der Waals surface area contributed by atoms with E-state index in [1.807, 2.05) is 0 Å². The number of hydrogen-bond donors (Lipinski definition) is 1. The molecule has 2 heterocycles. The third-order valence-corrected chi connectivity index (χ3v) is 5.24. The standard InChI is InChI=1S/C20H20IN3/c1-14-7-2-3-11-18(14)24-20-17(10-4-5-12-22-20)19(23-24)15-8-6-9-16(21)13-15/h2-3,6-9,11,13,22H,4-5,10,12H2,1H3. The van der Waals surface area contributed by atoms with E-state index in [9.17, 15) is 0 Å². The first-order valence-electron chi connectivity index (χ1n) is 8.42. The van der Waals surface area contributed by atoms with Crippen molar-refractivity contribution in [3.63, 3.8) is 0 Å². The monoisotopic (exact) mass is 429 g/mol. The third-order valence-electron chi connectivity index (χ3n) is 4.57. The fourth-order valence-electron chi connectivity index (χ4n) is 3.35. The molecule has 3 aromatic rings. The van der Waals surface area contributed by atoms with Crippen LogP contribution in [0.5, 0.6) is 0 Å². The van der Waals surface area contributed by atoms with Crippen LogP contribution in [-0.2, 0) is 6.42 Å². The molecular formula is C20H20IN3. The van der Waals surface area contributed by atoms with Crippen LogP contribution in [0.1, 0.15) is 24.0 Å². The Labute approximate surface area is 156 Å². The van der Waals surface area contributed by atoms with Crippen molar-refractivity contribution in [1.29, 1.82) is 0 Å². The van der Waals surface area contributed by atoms with Gasteiger partial charge in [-0.1, -0.05) is 30.3 Å². The van der Waals surface area contributed by atoms with E-state index in [-0.39, 0.29) is 0 Å². The topological polar surface area (TPSA) is 29.9 Å². The third kappa shape index (κ3) is 2.83. The summed E-state index contributed by atoms with van der Waals surface area (Å²) in [5, 5.41) is 8.65. The van der Waals surface area contributed by atoms with Crippen molar-refractivity contribution in [2.24, 2.45) is 0 Å². The van der Waals surface area contributed by atoms with E-state index in [2.05, 4.69) is 88.0 Å². The minimum Gasteiger partial charge on any atom is -0.370 e. The molecule has 0 bridgehead atoms. The van der Waals surface area contributed by atoms with Gasteiger partial charge in [-0.2, -0.15) is 5.10 Å². The van der Waals surface area contributed by atoms with Gasteiger partial charge in [0, 0.05) is 21.2 Å². The van der Waals surface area contributed by atoms with Crippen molar-refractivity contribution in [1.82, 2.24) is 9.78 Å². The lowest BCUT2D eigenvalue weighted by molar-refractivity contribution is 0.779. The molecule has 0 saturated heterocycles. The highest BCUT2D eigenvalue weighted by atomic mass is 127. The van der Waals surface area contributed by atoms with Crippen LogP contribution >= 0.6 is 22.6 Å². The van der Waals surface area contributed by atoms with Crippen molar-refractivity contribution in [2.75, 3.05) is 11.9 Å². The minimum atomic E-state index is 1.01. The van der Waals surface area contributed by atoms with E-state index >= 15 is 0 Å². The summed E-state index contributed by atoms with van der Waals surface area (Å²) in [6.45, 7) is 3.15. The zero-order chi connectivity index (χ0) is 16.5. The van der Waals surface area contributed by atoms with Crippen LogP contribution in [0.4, 0.5) is 5.82 Å². The second kappa shape index (κ2) is 6.59. The minimum absolute atomic E-state index is 1.01. The molecule has 2 aromatic carbocycles. The quantitative estimate of drug-likeness (QED) is 0.568. The first kappa shape index (κ1) is 15.7. The predicted molar refractivity (Wildman–Crippen MR) is 108 cm³/mol. The number of nitrogens with zero attached hydrogens (tertiary/aromatic N) is 2. The summed E-state index contributed by atoms with van der Waals surface area (Å²) in [5.41, 5.74) is 6.05. The van der Waals surface area contributed by atoms with Crippen LogP contribution in [0.2, 0.25) is 0 Å². The highest BCUT2D eigenvalue weighted by Crippen LogP contribution is 2.34. The molecule has 0 saturated carbocycles. The maximum Gasteiger partial charge on any atom is 0.133 e. The van der Waals surface area contributed by atoms with Gasteiger partial charge in [0.1, 0.15) is 5.82 Å². The first-order valence-corrected chi connectivity index (χ1v) is 9.49. The molecule has 0 unspecified atom stereocenters. The van der Waals surface area contributed by atoms with E-state index in [0.29, 0.717) is 0 Å². The van der Waals surface area contributed by atoms with Gasteiger partial charge >= 0.3 is 0 Å². The Balaban J connectivity index is 1.94. The lowest BCUT2D eigenvalue weighted by atomic mass is 10.0. The Hall–Kier alpha value is -1.82. The van der Waals surface area contributed by atoms with Gasteiger partial charge in [0.05, 0.1) is 11.4 Å². The molecule has 4 heteroatoms. The highest BCUT2D eigenvalue weighted by Gasteiger charge is 2.22. The number of para-hydroxylation sites is 1. The second-order valence-electron chi connectivity index (χ2n) is 6.27. The molecule has 0 atom stereocenters. The smallest absolute Gasteiger partial charge is 0.133 e. The summed E-state index contributed by atoms with van der Waals surface area (Å²) in [6, 6.07) is 17.1. The summed E-state index contributed by atoms with van der Waals surface area (Å²) < 4.78 is 3.34. The average molecular weight is 429 g/mol. The Morgan fingerprint density at radius 2 is 1.96 bits per heavy atom. The Kier molecular flexibility index (Phi) is 4.31. The average Bonchev–Trinajstić information content (AvgIpc) is 2.77. The van der Waals surface area contributed by atoms with E-state index < -0.39 is 0 Å². The molecule has 0 fully saturated rings. The molecule has 1 aliphatic rings. The van der Waals surface area contributed by atoms with Crippen molar-refractivity contribution < 1.29 is 0 Å². The number of rotatable bonds is 2. The zero-order valence-electron chi connectivity index (χ0n) is 13.7. The van der Waals surface area contributed by atoms with Crippen LogP contribution in [-0.4, -0.2) is 16.3 Å². The van der Waals surface area contributed by atoms with Gasteiger partial charge < -0.3 is 5.32 Å². The van der Waals surface area contributed by atoms with E-state index in [0.717, 1.165) is 30.2 Å². The number of nitrogens with one attached hydrogen (secondary N) is 1. The molecule has 0 aliphatic carbocycles. The summed E-state index contributed by atoms with van der Waals surface area (Å²) in [4.78, 5) is 0. The van der Waals surface area contributed by atoms with Gasteiger partial charge in [-0.15, -0.1) is 0 Å². The van der Waals surface area contributed by atoms with Crippen molar-refractivity contribution in [3.05, 3.63) is 63.2 Å². The molecule has 1 aliphatic heterocycles. The maximum absolute atomic E-state index is 5.03.